The van der Waals surface area contributed by atoms with E-state index < -0.39 is 0 Å². The van der Waals surface area contributed by atoms with Gasteiger partial charge in [-0.15, -0.1) is 0 Å². The first-order valence-electron chi connectivity index (χ1n) is 6.14. The molecule has 0 amide bonds. The summed E-state index contributed by atoms with van der Waals surface area (Å²) >= 11 is 0. The van der Waals surface area contributed by atoms with Crippen molar-refractivity contribution in [3.8, 4) is 0 Å². The average molecular weight is 213 g/mol. The quantitative estimate of drug-likeness (QED) is 0.656. The number of piperidine rings is 1. The van der Waals surface area contributed by atoms with Gasteiger partial charge in [0.05, 0.1) is 12.6 Å². The third-order valence-electron chi connectivity index (χ3n) is 2.83. The second-order valence-corrected chi connectivity index (χ2v) is 4.43. The highest BCUT2D eigenvalue weighted by Gasteiger charge is 2.16. The smallest absolute Gasteiger partial charge is 0.320 e. The summed E-state index contributed by atoms with van der Waals surface area (Å²) in [5.41, 5.74) is 0. The molecule has 1 saturated heterocycles. The highest BCUT2D eigenvalue weighted by molar-refractivity contribution is 5.71. The van der Waals surface area contributed by atoms with Crippen LogP contribution in [0.25, 0.3) is 0 Å². The van der Waals surface area contributed by atoms with Crippen LogP contribution in [0.5, 0.6) is 0 Å². The van der Waals surface area contributed by atoms with Crippen molar-refractivity contribution in [3.05, 3.63) is 0 Å². The summed E-state index contributed by atoms with van der Waals surface area (Å²) in [4.78, 5) is 13.7. The molecule has 0 N–H and O–H groups in total. The van der Waals surface area contributed by atoms with Crippen LogP contribution >= 0.6 is 0 Å². The lowest BCUT2D eigenvalue weighted by Gasteiger charge is -2.25. The van der Waals surface area contributed by atoms with E-state index in [0.717, 1.165) is 25.9 Å². The van der Waals surface area contributed by atoms with Crippen molar-refractivity contribution in [2.24, 2.45) is 0 Å². The number of carbonyl (C=O) groups excluding carboxylic acids is 1. The molecule has 0 aromatic carbocycles. The van der Waals surface area contributed by atoms with Gasteiger partial charge < -0.3 is 4.74 Å². The minimum atomic E-state index is -0.0575. The van der Waals surface area contributed by atoms with Crippen molar-refractivity contribution in [2.75, 3.05) is 19.6 Å². The average Bonchev–Trinajstić information content (AvgIpc) is 2.19. The minimum absolute atomic E-state index is 0.0575. The third kappa shape index (κ3) is 5.17. The fourth-order valence-corrected chi connectivity index (χ4v) is 2.03. The molecule has 1 unspecified atom stereocenters. The second-order valence-electron chi connectivity index (χ2n) is 4.43. The van der Waals surface area contributed by atoms with E-state index in [0.29, 0.717) is 6.54 Å². The number of nitrogens with zero attached hydrogens (tertiary/aromatic N) is 1. The van der Waals surface area contributed by atoms with Gasteiger partial charge >= 0.3 is 5.97 Å². The van der Waals surface area contributed by atoms with E-state index in [1.165, 1.54) is 19.3 Å². The molecule has 0 aromatic heterocycles. The monoisotopic (exact) mass is 213 g/mol. The van der Waals surface area contributed by atoms with E-state index in [9.17, 15) is 4.79 Å². The second kappa shape index (κ2) is 6.83. The first kappa shape index (κ1) is 12.5. The Morgan fingerprint density at radius 1 is 1.33 bits per heavy atom. The van der Waals surface area contributed by atoms with Gasteiger partial charge in [-0.1, -0.05) is 19.8 Å². The Kier molecular flexibility index (Phi) is 5.69. The molecule has 0 aromatic rings. The van der Waals surface area contributed by atoms with Gasteiger partial charge in [0, 0.05) is 0 Å². The number of rotatable bonds is 5. The molecule has 0 bridgehead atoms. The lowest BCUT2D eigenvalue weighted by molar-refractivity contribution is -0.150. The van der Waals surface area contributed by atoms with Gasteiger partial charge in [0.2, 0.25) is 0 Å². The maximum absolute atomic E-state index is 11.5. The van der Waals surface area contributed by atoms with E-state index in [1.54, 1.807) is 0 Å². The molecule has 1 fully saturated rings. The van der Waals surface area contributed by atoms with Gasteiger partial charge in [-0.3, -0.25) is 9.69 Å². The van der Waals surface area contributed by atoms with Crippen molar-refractivity contribution < 1.29 is 9.53 Å². The topological polar surface area (TPSA) is 29.5 Å². The predicted octanol–water partition coefficient (Wildman–Crippen LogP) is 2.20. The number of hydrogen-bond donors (Lipinski definition) is 0. The Morgan fingerprint density at radius 3 is 2.60 bits per heavy atom. The maximum atomic E-state index is 11.5. The Balaban J connectivity index is 2.16. The molecule has 0 saturated carbocycles. The van der Waals surface area contributed by atoms with Crippen LogP contribution in [0.15, 0.2) is 0 Å². The first-order chi connectivity index (χ1) is 7.22. The van der Waals surface area contributed by atoms with E-state index >= 15 is 0 Å². The summed E-state index contributed by atoms with van der Waals surface area (Å²) in [6.45, 7) is 6.66. The van der Waals surface area contributed by atoms with Crippen LogP contribution < -0.4 is 0 Å². The number of hydrogen-bond acceptors (Lipinski definition) is 3. The summed E-state index contributed by atoms with van der Waals surface area (Å²) in [6.07, 6.45) is 5.85. The molecule has 1 aliphatic heterocycles. The zero-order valence-electron chi connectivity index (χ0n) is 10.00. The molecule has 15 heavy (non-hydrogen) atoms. The normalized spacial score (nSPS) is 19.9. The Bertz CT molecular complexity index is 188. The van der Waals surface area contributed by atoms with Crippen molar-refractivity contribution in [2.45, 2.75) is 52.1 Å². The van der Waals surface area contributed by atoms with Gasteiger partial charge in [0.15, 0.2) is 0 Å². The molecule has 88 valence electrons. The van der Waals surface area contributed by atoms with Crippen molar-refractivity contribution in [1.82, 2.24) is 4.90 Å². The van der Waals surface area contributed by atoms with E-state index in [1.807, 2.05) is 6.92 Å². The molecule has 1 atom stereocenters. The van der Waals surface area contributed by atoms with Crippen molar-refractivity contribution in [1.29, 1.82) is 0 Å². The van der Waals surface area contributed by atoms with Crippen molar-refractivity contribution in [3.63, 3.8) is 0 Å². The molecular formula is C12H23NO2. The van der Waals surface area contributed by atoms with Gasteiger partial charge in [-0.05, 0) is 39.3 Å². The summed E-state index contributed by atoms with van der Waals surface area (Å²) in [5.74, 6) is -0.0575. The van der Waals surface area contributed by atoms with Gasteiger partial charge in [0.1, 0.15) is 0 Å². The number of ether oxygens (including phenoxy) is 1. The minimum Gasteiger partial charge on any atom is -0.462 e. The van der Waals surface area contributed by atoms with Gasteiger partial charge in [-0.2, -0.15) is 0 Å². The number of carbonyl (C=O) groups is 1. The molecule has 1 heterocycles. The van der Waals surface area contributed by atoms with E-state index in [-0.39, 0.29) is 12.1 Å². The Morgan fingerprint density at radius 2 is 2.00 bits per heavy atom. The zero-order valence-corrected chi connectivity index (χ0v) is 10.00. The fourth-order valence-electron chi connectivity index (χ4n) is 2.03. The van der Waals surface area contributed by atoms with E-state index in [2.05, 4.69) is 11.8 Å². The van der Waals surface area contributed by atoms with Crippen LogP contribution in [0.4, 0.5) is 0 Å². The van der Waals surface area contributed by atoms with Crippen LogP contribution in [0.1, 0.15) is 46.0 Å². The molecule has 0 spiro atoms. The summed E-state index contributed by atoms with van der Waals surface area (Å²) in [5, 5.41) is 0. The lowest BCUT2D eigenvalue weighted by Crippen LogP contribution is -2.36. The number of esters is 1. The SMILES string of the molecule is CCCC(C)OC(=O)CN1CCCCC1. The summed E-state index contributed by atoms with van der Waals surface area (Å²) in [6, 6.07) is 0. The lowest BCUT2D eigenvalue weighted by atomic mass is 10.1. The largest absolute Gasteiger partial charge is 0.462 e. The highest BCUT2D eigenvalue weighted by atomic mass is 16.5. The Labute approximate surface area is 92.8 Å². The van der Waals surface area contributed by atoms with Crippen LogP contribution in [-0.4, -0.2) is 36.6 Å². The molecule has 1 rings (SSSR count). The Hall–Kier alpha value is -0.570. The molecule has 1 aliphatic rings. The molecule has 0 radical (unpaired) electrons. The molecule has 3 heteroatoms. The van der Waals surface area contributed by atoms with Gasteiger partial charge in [0.25, 0.3) is 0 Å². The fraction of sp³-hybridized carbons (Fsp3) is 0.917. The van der Waals surface area contributed by atoms with Crippen molar-refractivity contribution >= 4 is 5.97 Å². The highest BCUT2D eigenvalue weighted by Crippen LogP contribution is 2.09. The van der Waals surface area contributed by atoms with Crippen LogP contribution in [0.3, 0.4) is 0 Å². The van der Waals surface area contributed by atoms with Crippen LogP contribution in [0, 0.1) is 0 Å². The van der Waals surface area contributed by atoms with Gasteiger partial charge in [-0.25, -0.2) is 0 Å². The van der Waals surface area contributed by atoms with E-state index in [4.69, 9.17) is 4.74 Å². The molecule has 3 nitrogen and oxygen atoms in total. The number of likely N-dealkylation sites (tertiary alicyclic amines) is 1. The standard InChI is InChI=1S/C12H23NO2/c1-3-7-11(2)15-12(14)10-13-8-5-4-6-9-13/h11H,3-10H2,1-2H3. The zero-order chi connectivity index (χ0) is 11.1. The summed E-state index contributed by atoms with van der Waals surface area (Å²) < 4.78 is 5.31. The summed E-state index contributed by atoms with van der Waals surface area (Å²) in [7, 11) is 0. The first-order valence-corrected chi connectivity index (χ1v) is 6.14. The predicted molar refractivity (Wildman–Crippen MR) is 60.8 cm³/mol. The van der Waals surface area contributed by atoms with Crippen LogP contribution in [0.2, 0.25) is 0 Å². The molecule has 0 aliphatic carbocycles. The van der Waals surface area contributed by atoms with Crippen LogP contribution in [-0.2, 0) is 9.53 Å². The molecular weight excluding hydrogens is 190 g/mol. The maximum Gasteiger partial charge on any atom is 0.320 e. The third-order valence-corrected chi connectivity index (χ3v) is 2.83.